The van der Waals surface area contributed by atoms with Gasteiger partial charge in [-0.1, -0.05) is 22.9 Å². The van der Waals surface area contributed by atoms with Crippen molar-refractivity contribution in [3.63, 3.8) is 0 Å². The van der Waals surface area contributed by atoms with Gasteiger partial charge in [-0.25, -0.2) is 4.98 Å². The van der Waals surface area contributed by atoms with E-state index in [4.69, 9.17) is 4.74 Å². The van der Waals surface area contributed by atoms with Crippen molar-refractivity contribution in [3.8, 4) is 5.19 Å². The molecule has 3 heterocycles. The van der Waals surface area contributed by atoms with E-state index in [1.54, 1.807) is 11.8 Å². The Morgan fingerprint density at radius 1 is 1.33 bits per heavy atom. The zero-order valence-electron chi connectivity index (χ0n) is 12.1. The normalized spacial score (nSPS) is 11.4. The quantitative estimate of drug-likeness (QED) is 0.673. The Hall–Kier alpha value is -1.60. The number of hydrogen-bond acceptors (Lipinski definition) is 6. The first kappa shape index (κ1) is 14.3. The summed E-state index contributed by atoms with van der Waals surface area (Å²) in [5.41, 5.74) is 3.22. The summed E-state index contributed by atoms with van der Waals surface area (Å²) in [5, 5.41) is 8.83. The van der Waals surface area contributed by atoms with Gasteiger partial charge in [0.2, 0.25) is 0 Å². The van der Waals surface area contributed by atoms with E-state index in [0.717, 1.165) is 21.4 Å². The lowest BCUT2D eigenvalue weighted by Gasteiger charge is -2.03. The molecule has 0 spiro atoms. The Bertz CT molecular complexity index is 750. The van der Waals surface area contributed by atoms with E-state index in [1.165, 1.54) is 17.0 Å². The summed E-state index contributed by atoms with van der Waals surface area (Å²) in [4.78, 5) is 4.56. The third-order valence-corrected chi connectivity index (χ3v) is 4.84. The maximum Gasteiger partial charge on any atom is 0.295 e. The van der Waals surface area contributed by atoms with Crippen LogP contribution in [-0.4, -0.2) is 25.7 Å². The number of nitrogens with zero attached hydrogens (tertiary/aromatic N) is 4. The second-order valence-corrected chi connectivity index (χ2v) is 7.02. The first-order valence-electron chi connectivity index (χ1n) is 6.69. The summed E-state index contributed by atoms with van der Waals surface area (Å²) in [7, 11) is 0. The molecule has 0 atom stereocenters. The molecule has 0 unspecified atom stereocenters. The predicted molar refractivity (Wildman–Crippen MR) is 85.2 cm³/mol. The molecule has 5 nitrogen and oxygen atoms in total. The van der Waals surface area contributed by atoms with Gasteiger partial charge in [0, 0.05) is 11.9 Å². The SMILES string of the molecule is Cc1nc2ccccn2c1CSc1nnc(OC(C)C)s1. The molecule has 0 amide bonds. The maximum atomic E-state index is 5.54. The Morgan fingerprint density at radius 2 is 2.19 bits per heavy atom. The molecule has 7 heteroatoms. The number of ether oxygens (including phenoxy) is 1. The van der Waals surface area contributed by atoms with Gasteiger partial charge in [-0.3, -0.25) is 0 Å². The molecule has 0 radical (unpaired) electrons. The number of thioether (sulfide) groups is 1. The van der Waals surface area contributed by atoms with Gasteiger partial charge >= 0.3 is 0 Å². The highest BCUT2D eigenvalue weighted by molar-refractivity contribution is 8.00. The van der Waals surface area contributed by atoms with Crippen LogP contribution >= 0.6 is 23.1 Å². The van der Waals surface area contributed by atoms with Crippen molar-refractivity contribution in [2.75, 3.05) is 0 Å². The molecule has 21 heavy (non-hydrogen) atoms. The topological polar surface area (TPSA) is 52.3 Å². The number of aryl methyl sites for hydroxylation is 1. The minimum absolute atomic E-state index is 0.122. The molecule has 0 N–H and O–H groups in total. The molecule has 3 aromatic rings. The first-order valence-corrected chi connectivity index (χ1v) is 8.49. The largest absolute Gasteiger partial charge is 0.466 e. The van der Waals surface area contributed by atoms with Gasteiger partial charge < -0.3 is 9.14 Å². The average molecular weight is 320 g/mol. The second kappa shape index (κ2) is 6.03. The Morgan fingerprint density at radius 3 is 3.00 bits per heavy atom. The van der Waals surface area contributed by atoms with Gasteiger partial charge in [0.1, 0.15) is 5.65 Å². The zero-order valence-corrected chi connectivity index (χ0v) is 13.7. The lowest BCUT2D eigenvalue weighted by atomic mass is 10.4. The van der Waals surface area contributed by atoms with Gasteiger partial charge in [0.25, 0.3) is 5.19 Å². The van der Waals surface area contributed by atoms with E-state index < -0.39 is 0 Å². The molecule has 110 valence electrons. The Labute approximate surface area is 131 Å². The van der Waals surface area contributed by atoms with Gasteiger partial charge in [0.05, 0.1) is 17.5 Å². The molecular weight excluding hydrogens is 304 g/mol. The lowest BCUT2D eigenvalue weighted by molar-refractivity contribution is 0.239. The fourth-order valence-corrected chi connectivity index (χ4v) is 3.86. The molecule has 0 aliphatic carbocycles. The van der Waals surface area contributed by atoms with E-state index in [9.17, 15) is 0 Å². The van der Waals surface area contributed by atoms with Crippen LogP contribution in [-0.2, 0) is 5.75 Å². The molecule has 3 rings (SSSR count). The summed E-state index contributed by atoms with van der Waals surface area (Å²) in [6, 6.07) is 6.03. The molecule has 0 fully saturated rings. The Balaban J connectivity index is 1.74. The molecule has 3 aromatic heterocycles. The van der Waals surface area contributed by atoms with Crippen molar-refractivity contribution >= 4 is 28.7 Å². The maximum absolute atomic E-state index is 5.54. The van der Waals surface area contributed by atoms with Gasteiger partial charge in [-0.2, -0.15) is 0 Å². The van der Waals surface area contributed by atoms with Crippen molar-refractivity contribution < 1.29 is 4.74 Å². The van der Waals surface area contributed by atoms with Gasteiger partial charge in [0.15, 0.2) is 4.34 Å². The summed E-state index contributed by atoms with van der Waals surface area (Å²) < 4.78 is 8.57. The molecule has 0 aliphatic heterocycles. The van der Waals surface area contributed by atoms with Gasteiger partial charge in [-0.05, 0) is 44.2 Å². The van der Waals surface area contributed by atoms with Crippen molar-refractivity contribution in [1.29, 1.82) is 0 Å². The first-order chi connectivity index (χ1) is 10.1. The van der Waals surface area contributed by atoms with Crippen LogP contribution in [0.15, 0.2) is 28.7 Å². The summed E-state index contributed by atoms with van der Waals surface area (Å²) in [6.45, 7) is 6.00. The third kappa shape index (κ3) is 3.19. The van der Waals surface area contributed by atoms with Crippen molar-refractivity contribution in [2.45, 2.75) is 37.0 Å². The number of hydrogen-bond donors (Lipinski definition) is 0. The third-order valence-electron chi connectivity index (χ3n) is 2.89. The zero-order chi connectivity index (χ0) is 14.8. The molecule has 0 saturated carbocycles. The highest BCUT2D eigenvalue weighted by Gasteiger charge is 2.11. The molecule has 0 aromatic carbocycles. The molecular formula is C14H16N4OS2. The monoisotopic (exact) mass is 320 g/mol. The van der Waals surface area contributed by atoms with E-state index in [2.05, 4.69) is 19.6 Å². The van der Waals surface area contributed by atoms with Gasteiger partial charge in [-0.15, -0.1) is 5.10 Å². The highest BCUT2D eigenvalue weighted by Crippen LogP contribution is 2.30. The summed E-state index contributed by atoms with van der Waals surface area (Å²) >= 11 is 3.14. The predicted octanol–water partition coefficient (Wildman–Crippen LogP) is 3.57. The molecule has 0 bridgehead atoms. The number of imidazole rings is 1. The number of pyridine rings is 1. The van der Waals surface area contributed by atoms with Crippen LogP contribution in [0.2, 0.25) is 0 Å². The lowest BCUT2D eigenvalue weighted by Crippen LogP contribution is -2.04. The van der Waals surface area contributed by atoms with Crippen LogP contribution in [0.1, 0.15) is 25.2 Å². The minimum atomic E-state index is 0.122. The van der Waals surface area contributed by atoms with Crippen molar-refractivity contribution in [1.82, 2.24) is 19.6 Å². The van der Waals surface area contributed by atoms with Crippen LogP contribution in [0.25, 0.3) is 5.65 Å². The van der Waals surface area contributed by atoms with Crippen LogP contribution in [0.5, 0.6) is 5.19 Å². The number of fused-ring (bicyclic) bond motifs is 1. The number of rotatable bonds is 5. The summed E-state index contributed by atoms with van der Waals surface area (Å²) in [5.74, 6) is 0.813. The van der Waals surface area contributed by atoms with E-state index in [-0.39, 0.29) is 6.10 Å². The fraction of sp³-hybridized carbons (Fsp3) is 0.357. The van der Waals surface area contributed by atoms with Crippen LogP contribution in [0.3, 0.4) is 0 Å². The van der Waals surface area contributed by atoms with Crippen LogP contribution in [0.4, 0.5) is 0 Å². The van der Waals surface area contributed by atoms with Crippen molar-refractivity contribution in [3.05, 3.63) is 35.8 Å². The van der Waals surface area contributed by atoms with Crippen LogP contribution in [0, 0.1) is 6.92 Å². The minimum Gasteiger partial charge on any atom is -0.466 e. The standard InChI is InChI=1S/C14H16N4OS2/c1-9(2)19-13-16-17-14(21-13)20-8-11-10(3)15-12-6-4-5-7-18(11)12/h4-7,9H,8H2,1-3H3. The van der Waals surface area contributed by atoms with E-state index in [1.807, 2.05) is 45.2 Å². The van der Waals surface area contributed by atoms with E-state index >= 15 is 0 Å². The molecule has 0 aliphatic rings. The second-order valence-electron chi connectivity index (χ2n) is 4.86. The number of aromatic nitrogens is 4. The van der Waals surface area contributed by atoms with Crippen LogP contribution < -0.4 is 4.74 Å². The summed E-state index contributed by atoms with van der Waals surface area (Å²) in [6.07, 6.45) is 2.16. The van der Waals surface area contributed by atoms with E-state index in [0.29, 0.717) is 5.19 Å². The fourth-order valence-electron chi connectivity index (χ4n) is 1.97. The smallest absolute Gasteiger partial charge is 0.295 e. The Kier molecular flexibility index (Phi) is 4.12. The average Bonchev–Trinajstić information content (AvgIpc) is 2.99. The van der Waals surface area contributed by atoms with Crippen molar-refractivity contribution in [2.24, 2.45) is 0 Å². The molecule has 0 saturated heterocycles. The highest BCUT2D eigenvalue weighted by atomic mass is 32.2.